The van der Waals surface area contributed by atoms with Crippen molar-refractivity contribution in [3.63, 3.8) is 0 Å². The van der Waals surface area contributed by atoms with Crippen LogP contribution in [0.15, 0.2) is 18.5 Å². The van der Waals surface area contributed by atoms with Gasteiger partial charge in [-0.1, -0.05) is 0 Å². The van der Waals surface area contributed by atoms with E-state index in [4.69, 9.17) is 10.5 Å². The van der Waals surface area contributed by atoms with E-state index in [0.29, 0.717) is 12.2 Å². The highest BCUT2D eigenvalue weighted by molar-refractivity contribution is 5.69. The van der Waals surface area contributed by atoms with E-state index < -0.39 is 5.60 Å². The Balaban J connectivity index is 1.94. The molecule has 6 nitrogen and oxygen atoms in total. The summed E-state index contributed by atoms with van der Waals surface area (Å²) in [6.45, 7) is 7.05. The monoisotopic (exact) mass is 292 g/mol. The van der Waals surface area contributed by atoms with Crippen molar-refractivity contribution in [1.82, 2.24) is 10.3 Å². The SMILES string of the molecule is CC(C)(C)OC(=O)NCC1CCCN1c1ccncc1N. The van der Waals surface area contributed by atoms with E-state index in [-0.39, 0.29) is 12.1 Å². The summed E-state index contributed by atoms with van der Waals surface area (Å²) < 4.78 is 5.26. The molecule has 0 radical (unpaired) electrons. The smallest absolute Gasteiger partial charge is 0.407 e. The number of aromatic nitrogens is 1. The number of hydrogen-bond donors (Lipinski definition) is 2. The van der Waals surface area contributed by atoms with Crippen molar-refractivity contribution in [2.45, 2.75) is 45.3 Å². The van der Waals surface area contributed by atoms with Gasteiger partial charge in [0.15, 0.2) is 0 Å². The zero-order chi connectivity index (χ0) is 15.5. The normalized spacial score (nSPS) is 18.6. The molecular weight excluding hydrogens is 268 g/mol. The van der Waals surface area contributed by atoms with Crippen LogP contribution in [0.2, 0.25) is 0 Å². The summed E-state index contributed by atoms with van der Waals surface area (Å²) >= 11 is 0. The number of amides is 1. The maximum atomic E-state index is 11.7. The van der Waals surface area contributed by atoms with Gasteiger partial charge in [-0.3, -0.25) is 4.98 Å². The Morgan fingerprint density at radius 3 is 3.00 bits per heavy atom. The van der Waals surface area contributed by atoms with Gasteiger partial charge in [0.1, 0.15) is 5.60 Å². The number of anilines is 2. The third-order valence-corrected chi connectivity index (χ3v) is 3.40. The minimum Gasteiger partial charge on any atom is -0.444 e. The number of nitrogen functional groups attached to an aromatic ring is 1. The van der Waals surface area contributed by atoms with Crippen molar-refractivity contribution in [1.29, 1.82) is 0 Å². The molecule has 1 aromatic heterocycles. The standard InChI is InChI=1S/C15H24N4O2/c1-15(2,3)21-14(20)18-9-11-5-4-8-19(11)13-6-7-17-10-12(13)16/h6-7,10-11H,4-5,8-9,16H2,1-3H3,(H,18,20). The summed E-state index contributed by atoms with van der Waals surface area (Å²) in [6, 6.07) is 2.16. The second-order valence-electron chi connectivity index (χ2n) is 6.31. The Morgan fingerprint density at radius 1 is 1.57 bits per heavy atom. The molecule has 1 aliphatic heterocycles. The van der Waals surface area contributed by atoms with Crippen molar-refractivity contribution in [3.8, 4) is 0 Å². The average molecular weight is 292 g/mol. The lowest BCUT2D eigenvalue weighted by Gasteiger charge is -2.28. The minimum atomic E-state index is -0.477. The van der Waals surface area contributed by atoms with Crippen LogP contribution in [-0.2, 0) is 4.74 Å². The first-order valence-electron chi connectivity index (χ1n) is 7.30. The van der Waals surface area contributed by atoms with Gasteiger partial charge in [0, 0.05) is 25.3 Å². The van der Waals surface area contributed by atoms with Gasteiger partial charge in [-0.25, -0.2) is 4.79 Å². The van der Waals surface area contributed by atoms with Gasteiger partial charge in [-0.05, 0) is 39.7 Å². The molecular formula is C15H24N4O2. The van der Waals surface area contributed by atoms with Crippen molar-refractivity contribution in [3.05, 3.63) is 18.5 Å². The molecule has 2 heterocycles. The predicted octanol–water partition coefficient (Wildman–Crippen LogP) is 2.16. The molecule has 0 spiro atoms. The molecule has 3 N–H and O–H groups in total. The number of pyridine rings is 1. The van der Waals surface area contributed by atoms with Crippen LogP contribution in [0.4, 0.5) is 16.2 Å². The fourth-order valence-electron chi connectivity index (χ4n) is 2.54. The summed E-state index contributed by atoms with van der Waals surface area (Å²) in [5.41, 5.74) is 7.16. The summed E-state index contributed by atoms with van der Waals surface area (Å²) in [6.07, 6.45) is 5.13. The summed E-state index contributed by atoms with van der Waals surface area (Å²) in [7, 11) is 0. The number of nitrogens with two attached hydrogens (primary N) is 1. The van der Waals surface area contributed by atoms with Crippen LogP contribution in [0.25, 0.3) is 0 Å². The fraction of sp³-hybridized carbons (Fsp3) is 0.600. The lowest BCUT2D eigenvalue weighted by atomic mass is 10.2. The Bertz CT molecular complexity index is 499. The molecule has 116 valence electrons. The van der Waals surface area contributed by atoms with E-state index in [1.165, 1.54) is 0 Å². The molecule has 1 amide bonds. The lowest BCUT2D eigenvalue weighted by Crippen LogP contribution is -2.42. The molecule has 1 aromatic rings. The molecule has 1 fully saturated rings. The number of alkyl carbamates (subject to hydrolysis) is 1. The van der Waals surface area contributed by atoms with E-state index in [9.17, 15) is 4.79 Å². The molecule has 0 aromatic carbocycles. The van der Waals surface area contributed by atoms with Gasteiger partial charge in [0.05, 0.1) is 17.6 Å². The van der Waals surface area contributed by atoms with Crippen molar-refractivity contribution >= 4 is 17.5 Å². The third-order valence-electron chi connectivity index (χ3n) is 3.40. The van der Waals surface area contributed by atoms with Gasteiger partial charge in [-0.15, -0.1) is 0 Å². The van der Waals surface area contributed by atoms with Crippen molar-refractivity contribution in [2.75, 3.05) is 23.7 Å². The molecule has 21 heavy (non-hydrogen) atoms. The highest BCUT2D eigenvalue weighted by Crippen LogP contribution is 2.29. The number of carbonyl (C=O) groups excluding carboxylic acids is 1. The molecule has 2 rings (SSSR count). The Morgan fingerprint density at radius 2 is 2.33 bits per heavy atom. The van der Waals surface area contributed by atoms with Gasteiger partial charge >= 0.3 is 6.09 Å². The topological polar surface area (TPSA) is 80.5 Å². The molecule has 0 aliphatic carbocycles. The highest BCUT2D eigenvalue weighted by Gasteiger charge is 2.27. The predicted molar refractivity (Wildman–Crippen MR) is 83.3 cm³/mol. The first-order chi connectivity index (χ1) is 9.87. The van der Waals surface area contributed by atoms with Gasteiger partial charge < -0.3 is 20.7 Å². The number of nitrogens with zero attached hydrogens (tertiary/aromatic N) is 2. The minimum absolute atomic E-state index is 0.238. The van der Waals surface area contributed by atoms with Gasteiger partial charge in [0.2, 0.25) is 0 Å². The molecule has 1 saturated heterocycles. The van der Waals surface area contributed by atoms with Crippen LogP contribution in [0, 0.1) is 0 Å². The zero-order valence-corrected chi connectivity index (χ0v) is 12.9. The van der Waals surface area contributed by atoms with E-state index in [1.807, 2.05) is 26.8 Å². The van der Waals surface area contributed by atoms with Crippen molar-refractivity contribution < 1.29 is 9.53 Å². The first kappa shape index (κ1) is 15.4. The second kappa shape index (κ2) is 6.20. The number of carbonyl (C=O) groups is 1. The van der Waals surface area contributed by atoms with Crippen LogP contribution in [0.3, 0.4) is 0 Å². The first-order valence-corrected chi connectivity index (χ1v) is 7.30. The fourth-order valence-corrected chi connectivity index (χ4v) is 2.54. The molecule has 1 unspecified atom stereocenters. The summed E-state index contributed by atoms with van der Waals surface area (Å²) in [5, 5.41) is 2.84. The Kier molecular flexibility index (Phi) is 4.55. The summed E-state index contributed by atoms with van der Waals surface area (Å²) in [4.78, 5) is 18.0. The Labute approximate surface area is 125 Å². The molecule has 1 atom stereocenters. The van der Waals surface area contributed by atoms with E-state index >= 15 is 0 Å². The number of nitrogens with one attached hydrogen (secondary N) is 1. The second-order valence-corrected chi connectivity index (χ2v) is 6.31. The van der Waals surface area contributed by atoms with E-state index in [2.05, 4.69) is 15.2 Å². The van der Waals surface area contributed by atoms with Gasteiger partial charge in [0.25, 0.3) is 0 Å². The van der Waals surface area contributed by atoms with Crippen LogP contribution >= 0.6 is 0 Å². The van der Waals surface area contributed by atoms with Crippen molar-refractivity contribution in [2.24, 2.45) is 0 Å². The molecule has 0 bridgehead atoms. The van der Waals surface area contributed by atoms with E-state index in [1.54, 1.807) is 12.4 Å². The average Bonchev–Trinajstić information content (AvgIpc) is 2.83. The van der Waals surface area contributed by atoms with E-state index in [0.717, 1.165) is 25.1 Å². The Hall–Kier alpha value is -1.98. The van der Waals surface area contributed by atoms with Crippen LogP contribution in [0.5, 0.6) is 0 Å². The maximum Gasteiger partial charge on any atom is 0.407 e. The molecule has 0 saturated carbocycles. The highest BCUT2D eigenvalue weighted by atomic mass is 16.6. The number of rotatable bonds is 3. The number of hydrogen-bond acceptors (Lipinski definition) is 5. The molecule has 6 heteroatoms. The third kappa shape index (κ3) is 4.24. The molecule has 1 aliphatic rings. The van der Waals surface area contributed by atoms with Gasteiger partial charge in [-0.2, -0.15) is 0 Å². The lowest BCUT2D eigenvalue weighted by molar-refractivity contribution is 0.0525. The van der Waals surface area contributed by atoms with Crippen LogP contribution in [-0.4, -0.2) is 35.8 Å². The summed E-state index contributed by atoms with van der Waals surface area (Å²) in [5.74, 6) is 0. The zero-order valence-electron chi connectivity index (χ0n) is 12.9. The quantitative estimate of drug-likeness (QED) is 0.892. The largest absolute Gasteiger partial charge is 0.444 e. The maximum absolute atomic E-state index is 11.7. The van der Waals surface area contributed by atoms with Crippen LogP contribution < -0.4 is 16.0 Å². The van der Waals surface area contributed by atoms with Crippen LogP contribution in [0.1, 0.15) is 33.6 Å². The number of ether oxygens (including phenoxy) is 1.